The van der Waals surface area contributed by atoms with Crippen LogP contribution < -0.4 is 16.4 Å². The highest BCUT2D eigenvalue weighted by Gasteiger charge is 2.11. The minimum absolute atomic E-state index is 0.0950. The first-order chi connectivity index (χ1) is 9.60. The molecular weight excluding hydrogens is 338 g/mol. The van der Waals surface area contributed by atoms with Gasteiger partial charge in [-0.15, -0.1) is 11.3 Å². The lowest BCUT2D eigenvalue weighted by atomic mass is 10.1. The Hall–Kier alpha value is -1.53. The van der Waals surface area contributed by atoms with E-state index in [-0.39, 0.29) is 5.91 Å². The summed E-state index contributed by atoms with van der Waals surface area (Å²) in [5.74, 6) is -0.0950. The van der Waals surface area contributed by atoms with Crippen molar-refractivity contribution in [3.05, 3.63) is 44.6 Å². The summed E-state index contributed by atoms with van der Waals surface area (Å²) in [5.41, 5.74) is 7.79. The molecule has 6 heteroatoms. The Morgan fingerprint density at radius 1 is 1.40 bits per heavy atom. The minimum Gasteiger partial charge on any atom is -0.399 e. The molecule has 0 saturated heterocycles. The maximum absolute atomic E-state index is 12.0. The standard InChI is InChI=1S/C14H16BrN3OS/c1-2-17-14(19)12-4-3-10(16)6-13(12)18-7-11-5-9(15)8-20-11/h3-6,8,18H,2,7,16H2,1H3,(H,17,19). The molecular formula is C14H16BrN3OS. The predicted molar refractivity (Wildman–Crippen MR) is 88.2 cm³/mol. The highest BCUT2D eigenvalue weighted by atomic mass is 79.9. The summed E-state index contributed by atoms with van der Waals surface area (Å²) < 4.78 is 1.07. The van der Waals surface area contributed by atoms with Gasteiger partial charge in [-0.1, -0.05) is 0 Å². The van der Waals surface area contributed by atoms with E-state index in [0.29, 0.717) is 24.3 Å². The first-order valence-electron chi connectivity index (χ1n) is 6.24. The van der Waals surface area contributed by atoms with E-state index in [1.807, 2.05) is 12.3 Å². The van der Waals surface area contributed by atoms with Crippen LogP contribution in [0.4, 0.5) is 11.4 Å². The monoisotopic (exact) mass is 353 g/mol. The fourth-order valence-corrected chi connectivity index (χ4v) is 3.18. The average molecular weight is 354 g/mol. The van der Waals surface area contributed by atoms with E-state index in [0.717, 1.165) is 10.2 Å². The van der Waals surface area contributed by atoms with Gasteiger partial charge in [0.1, 0.15) is 0 Å². The molecule has 0 atom stereocenters. The van der Waals surface area contributed by atoms with Crippen LogP contribution in [-0.4, -0.2) is 12.5 Å². The summed E-state index contributed by atoms with van der Waals surface area (Å²) in [6.07, 6.45) is 0. The maximum Gasteiger partial charge on any atom is 0.253 e. The second kappa shape index (κ2) is 6.76. The predicted octanol–water partition coefficient (Wildman–Crippen LogP) is 3.45. The fourth-order valence-electron chi connectivity index (χ4n) is 1.79. The molecule has 106 valence electrons. The van der Waals surface area contributed by atoms with Crippen LogP contribution >= 0.6 is 27.3 Å². The van der Waals surface area contributed by atoms with E-state index in [1.54, 1.807) is 29.5 Å². The molecule has 20 heavy (non-hydrogen) atoms. The zero-order valence-corrected chi connectivity index (χ0v) is 13.5. The second-order valence-electron chi connectivity index (χ2n) is 4.25. The summed E-state index contributed by atoms with van der Waals surface area (Å²) in [4.78, 5) is 13.2. The van der Waals surface area contributed by atoms with Crippen LogP contribution in [0.25, 0.3) is 0 Å². The van der Waals surface area contributed by atoms with E-state index < -0.39 is 0 Å². The molecule has 2 aromatic rings. The smallest absolute Gasteiger partial charge is 0.253 e. The van der Waals surface area contributed by atoms with Gasteiger partial charge in [-0.05, 0) is 47.1 Å². The second-order valence-corrected chi connectivity index (χ2v) is 6.16. The summed E-state index contributed by atoms with van der Waals surface area (Å²) in [6.45, 7) is 3.15. The van der Waals surface area contributed by atoms with E-state index >= 15 is 0 Å². The SMILES string of the molecule is CCNC(=O)c1ccc(N)cc1NCc1cc(Br)cs1. The number of nitrogens with two attached hydrogens (primary N) is 1. The number of rotatable bonds is 5. The zero-order valence-electron chi connectivity index (χ0n) is 11.1. The summed E-state index contributed by atoms with van der Waals surface area (Å²) in [6, 6.07) is 7.31. The Kier molecular flexibility index (Phi) is 5.03. The first kappa shape index (κ1) is 14.9. The van der Waals surface area contributed by atoms with Crippen LogP contribution in [0, 0.1) is 0 Å². The number of halogens is 1. The third-order valence-electron chi connectivity index (χ3n) is 2.70. The van der Waals surface area contributed by atoms with Gasteiger partial charge in [0.25, 0.3) is 5.91 Å². The van der Waals surface area contributed by atoms with Crippen molar-refractivity contribution in [1.29, 1.82) is 0 Å². The van der Waals surface area contributed by atoms with Crippen molar-refractivity contribution in [2.45, 2.75) is 13.5 Å². The summed E-state index contributed by atoms with van der Waals surface area (Å²) >= 11 is 5.08. The van der Waals surface area contributed by atoms with Gasteiger partial charge in [-0.25, -0.2) is 0 Å². The Balaban J connectivity index is 2.16. The molecule has 1 aromatic carbocycles. The molecule has 0 aliphatic heterocycles. The van der Waals surface area contributed by atoms with Crippen molar-refractivity contribution < 1.29 is 4.79 Å². The lowest BCUT2D eigenvalue weighted by molar-refractivity contribution is 0.0956. The van der Waals surface area contributed by atoms with Crippen molar-refractivity contribution >= 4 is 44.5 Å². The van der Waals surface area contributed by atoms with Crippen molar-refractivity contribution in [3.8, 4) is 0 Å². The number of hydrogen-bond acceptors (Lipinski definition) is 4. The molecule has 0 saturated carbocycles. The first-order valence-corrected chi connectivity index (χ1v) is 7.92. The molecule has 4 nitrogen and oxygen atoms in total. The van der Waals surface area contributed by atoms with Crippen molar-refractivity contribution in [3.63, 3.8) is 0 Å². The number of thiophene rings is 1. The van der Waals surface area contributed by atoms with E-state index in [1.165, 1.54) is 4.88 Å². The number of carbonyl (C=O) groups excluding carboxylic acids is 1. The topological polar surface area (TPSA) is 67.2 Å². The number of anilines is 2. The number of nitrogens with one attached hydrogen (secondary N) is 2. The third kappa shape index (κ3) is 3.74. The minimum atomic E-state index is -0.0950. The van der Waals surface area contributed by atoms with Crippen LogP contribution in [0.15, 0.2) is 34.1 Å². The highest BCUT2D eigenvalue weighted by Crippen LogP contribution is 2.23. The normalized spacial score (nSPS) is 10.3. The number of carbonyl (C=O) groups is 1. The fraction of sp³-hybridized carbons (Fsp3) is 0.214. The highest BCUT2D eigenvalue weighted by molar-refractivity contribution is 9.10. The molecule has 0 aliphatic rings. The molecule has 1 amide bonds. The molecule has 0 aliphatic carbocycles. The van der Waals surface area contributed by atoms with Crippen molar-refractivity contribution in [2.75, 3.05) is 17.6 Å². The molecule has 0 unspecified atom stereocenters. The van der Waals surface area contributed by atoms with Crippen LogP contribution in [0.5, 0.6) is 0 Å². The number of amides is 1. The molecule has 0 radical (unpaired) electrons. The lowest BCUT2D eigenvalue weighted by Crippen LogP contribution is -2.23. The third-order valence-corrected chi connectivity index (χ3v) is 4.40. The molecule has 0 bridgehead atoms. The molecule has 0 spiro atoms. The Morgan fingerprint density at radius 3 is 2.85 bits per heavy atom. The number of benzene rings is 1. The van der Waals surface area contributed by atoms with Gasteiger partial charge in [0.15, 0.2) is 0 Å². The van der Waals surface area contributed by atoms with Gasteiger partial charge in [0.2, 0.25) is 0 Å². The summed E-state index contributed by atoms with van der Waals surface area (Å²) in [5, 5.41) is 8.10. The summed E-state index contributed by atoms with van der Waals surface area (Å²) in [7, 11) is 0. The van der Waals surface area contributed by atoms with E-state index in [4.69, 9.17) is 5.73 Å². The van der Waals surface area contributed by atoms with Gasteiger partial charge in [0.05, 0.1) is 5.56 Å². The largest absolute Gasteiger partial charge is 0.399 e. The van der Waals surface area contributed by atoms with E-state index in [2.05, 4.69) is 32.6 Å². The van der Waals surface area contributed by atoms with Gasteiger partial charge >= 0.3 is 0 Å². The molecule has 1 heterocycles. The van der Waals surface area contributed by atoms with Crippen LogP contribution in [0.2, 0.25) is 0 Å². The van der Waals surface area contributed by atoms with Crippen LogP contribution in [0.1, 0.15) is 22.2 Å². The zero-order chi connectivity index (χ0) is 14.5. The molecule has 4 N–H and O–H groups in total. The lowest BCUT2D eigenvalue weighted by Gasteiger charge is -2.12. The van der Waals surface area contributed by atoms with Crippen LogP contribution in [-0.2, 0) is 6.54 Å². The van der Waals surface area contributed by atoms with E-state index in [9.17, 15) is 4.79 Å². The Labute approximate surface area is 130 Å². The average Bonchev–Trinajstić information content (AvgIpc) is 2.82. The van der Waals surface area contributed by atoms with Gasteiger partial charge in [-0.3, -0.25) is 4.79 Å². The van der Waals surface area contributed by atoms with Gasteiger partial charge in [0, 0.05) is 39.2 Å². The van der Waals surface area contributed by atoms with Crippen LogP contribution in [0.3, 0.4) is 0 Å². The number of hydrogen-bond donors (Lipinski definition) is 3. The quantitative estimate of drug-likeness (QED) is 0.721. The van der Waals surface area contributed by atoms with Gasteiger partial charge in [-0.2, -0.15) is 0 Å². The van der Waals surface area contributed by atoms with Gasteiger partial charge < -0.3 is 16.4 Å². The Bertz CT molecular complexity index is 612. The maximum atomic E-state index is 12.0. The number of nitrogen functional groups attached to an aromatic ring is 1. The Morgan fingerprint density at radius 2 is 2.20 bits per heavy atom. The molecule has 0 fully saturated rings. The molecule has 1 aromatic heterocycles. The van der Waals surface area contributed by atoms with Crippen molar-refractivity contribution in [2.24, 2.45) is 0 Å². The molecule has 2 rings (SSSR count). The van der Waals surface area contributed by atoms with Crippen molar-refractivity contribution in [1.82, 2.24) is 5.32 Å².